The van der Waals surface area contributed by atoms with Gasteiger partial charge in [0.1, 0.15) is 11.6 Å². The van der Waals surface area contributed by atoms with Gasteiger partial charge in [-0.2, -0.15) is 0 Å². The maximum atomic E-state index is 13.2. The second-order valence-electron chi connectivity index (χ2n) is 3.35. The van der Waals surface area contributed by atoms with Crippen molar-refractivity contribution in [2.45, 2.75) is 0 Å². The number of ether oxygens (including phenoxy) is 1. The Bertz CT molecular complexity index is 585. The Morgan fingerprint density at radius 1 is 1.50 bits per heavy atom. The van der Waals surface area contributed by atoms with Gasteiger partial charge in [-0.15, -0.1) is 11.3 Å². The standard InChI is InChI=1S/C11H9FN2O3S/c1-17-8-3-6(12)2-7(4-8)13-11-14-9(5-18-11)10(15)16/h2-5H,1H3,(H,13,14)(H,15,16). The molecule has 0 aliphatic heterocycles. The van der Waals surface area contributed by atoms with E-state index in [1.54, 1.807) is 6.07 Å². The summed E-state index contributed by atoms with van der Waals surface area (Å²) in [4.78, 5) is 14.5. The zero-order chi connectivity index (χ0) is 13.1. The van der Waals surface area contributed by atoms with Crippen molar-refractivity contribution < 1.29 is 19.0 Å². The van der Waals surface area contributed by atoms with Gasteiger partial charge in [0.15, 0.2) is 10.8 Å². The van der Waals surface area contributed by atoms with Gasteiger partial charge in [-0.3, -0.25) is 0 Å². The van der Waals surface area contributed by atoms with Gasteiger partial charge in [-0.1, -0.05) is 0 Å². The number of carboxylic acids is 1. The third-order valence-electron chi connectivity index (χ3n) is 2.08. The van der Waals surface area contributed by atoms with Crippen LogP contribution in [0.1, 0.15) is 10.5 Å². The second kappa shape index (κ2) is 5.01. The molecule has 0 saturated heterocycles. The molecule has 0 saturated carbocycles. The van der Waals surface area contributed by atoms with Crippen LogP contribution in [0.5, 0.6) is 5.75 Å². The number of methoxy groups -OCH3 is 1. The summed E-state index contributed by atoms with van der Waals surface area (Å²) in [6.07, 6.45) is 0. The smallest absolute Gasteiger partial charge is 0.355 e. The summed E-state index contributed by atoms with van der Waals surface area (Å²) < 4.78 is 18.1. The lowest BCUT2D eigenvalue weighted by molar-refractivity contribution is 0.0691. The minimum atomic E-state index is -1.10. The third-order valence-corrected chi connectivity index (χ3v) is 2.84. The molecule has 0 aliphatic rings. The van der Waals surface area contributed by atoms with Gasteiger partial charge in [0.2, 0.25) is 0 Å². The molecule has 0 unspecified atom stereocenters. The van der Waals surface area contributed by atoms with E-state index < -0.39 is 11.8 Å². The van der Waals surface area contributed by atoms with Gasteiger partial charge in [-0.05, 0) is 6.07 Å². The van der Waals surface area contributed by atoms with Crippen molar-refractivity contribution >= 4 is 28.1 Å². The van der Waals surface area contributed by atoms with Crippen molar-refractivity contribution in [1.29, 1.82) is 0 Å². The van der Waals surface area contributed by atoms with Crippen molar-refractivity contribution in [3.63, 3.8) is 0 Å². The molecule has 2 rings (SSSR count). The van der Waals surface area contributed by atoms with E-state index in [1.165, 1.54) is 24.6 Å². The van der Waals surface area contributed by atoms with E-state index in [4.69, 9.17) is 9.84 Å². The first kappa shape index (κ1) is 12.3. The maximum absolute atomic E-state index is 13.2. The molecule has 0 bridgehead atoms. The number of hydrogen-bond donors (Lipinski definition) is 2. The van der Waals surface area contributed by atoms with Gasteiger partial charge in [-0.25, -0.2) is 14.2 Å². The Morgan fingerprint density at radius 2 is 2.28 bits per heavy atom. The number of nitrogens with one attached hydrogen (secondary N) is 1. The van der Waals surface area contributed by atoms with Crippen molar-refractivity contribution in [1.82, 2.24) is 4.98 Å². The molecule has 0 aliphatic carbocycles. The molecule has 1 heterocycles. The largest absolute Gasteiger partial charge is 0.497 e. The molecule has 1 aromatic heterocycles. The fraction of sp³-hybridized carbons (Fsp3) is 0.0909. The van der Waals surface area contributed by atoms with Crippen LogP contribution in [0.25, 0.3) is 0 Å². The lowest BCUT2D eigenvalue weighted by Gasteiger charge is -2.05. The summed E-state index contributed by atoms with van der Waals surface area (Å²) in [5.41, 5.74) is 0.393. The zero-order valence-electron chi connectivity index (χ0n) is 9.31. The maximum Gasteiger partial charge on any atom is 0.355 e. The number of hydrogen-bond acceptors (Lipinski definition) is 5. The van der Waals surface area contributed by atoms with Crippen LogP contribution >= 0.6 is 11.3 Å². The van der Waals surface area contributed by atoms with E-state index in [9.17, 15) is 9.18 Å². The fourth-order valence-corrected chi connectivity index (χ4v) is 2.01. The third kappa shape index (κ3) is 2.75. The van der Waals surface area contributed by atoms with Gasteiger partial charge >= 0.3 is 5.97 Å². The summed E-state index contributed by atoms with van der Waals surface area (Å²) in [6.45, 7) is 0. The highest BCUT2D eigenvalue weighted by Crippen LogP contribution is 2.25. The number of nitrogens with zero attached hydrogens (tertiary/aromatic N) is 1. The van der Waals surface area contributed by atoms with Gasteiger partial charge in [0, 0.05) is 23.2 Å². The van der Waals surface area contributed by atoms with Crippen LogP contribution in [0.15, 0.2) is 23.6 Å². The quantitative estimate of drug-likeness (QED) is 0.892. The molecule has 1 aromatic carbocycles. The summed E-state index contributed by atoms with van der Waals surface area (Å²) in [5, 5.41) is 13.3. The average Bonchev–Trinajstić information content (AvgIpc) is 2.76. The van der Waals surface area contributed by atoms with Crippen molar-refractivity contribution in [2.75, 3.05) is 12.4 Å². The molecule has 0 fully saturated rings. The number of aromatic nitrogens is 1. The first-order valence-corrected chi connectivity index (χ1v) is 5.77. The van der Waals surface area contributed by atoms with Gasteiger partial charge in [0.25, 0.3) is 0 Å². The monoisotopic (exact) mass is 268 g/mol. The number of carboxylic acid groups (broad SMARTS) is 1. The SMILES string of the molecule is COc1cc(F)cc(Nc2nc(C(=O)O)cs2)c1. The number of aromatic carboxylic acids is 1. The first-order valence-electron chi connectivity index (χ1n) is 4.89. The molecule has 0 spiro atoms. The van der Waals surface area contributed by atoms with Crippen molar-refractivity contribution in [3.8, 4) is 5.75 Å². The summed E-state index contributed by atoms with van der Waals surface area (Å²) >= 11 is 1.13. The molecular weight excluding hydrogens is 259 g/mol. The summed E-state index contributed by atoms with van der Waals surface area (Å²) in [7, 11) is 1.43. The molecular formula is C11H9FN2O3S. The lowest BCUT2D eigenvalue weighted by Crippen LogP contribution is -1.97. The van der Waals surface area contributed by atoms with E-state index in [-0.39, 0.29) is 5.69 Å². The lowest BCUT2D eigenvalue weighted by atomic mass is 10.3. The predicted octanol–water partition coefficient (Wildman–Crippen LogP) is 2.73. The van der Waals surface area contributed by atoms with Crippen LogP contribution in [0.4, 0.5) is 15.2 Å². The average molecular weight is 268 g/mol. The predicted molar refractivity (Wildman–Crippen MR) is 65.3 cm³/mol. The van der Waals surface area contributed by atoms with Crippen LogP contribution in [0, 0.1) is 5.82 Å². The molecule has 2 aromatic rings. The molecule has 0 atom stereocenters. The summed E-state index contributed by atoms with van der Waals surface area (Å²) in [6, 6.07) is 4.10. The van der Waals surface area contributed by atoms with Crippen LogP contribution in [0.3, 0.4) is 0 Å². The molecule has 0 amide bonds. The number of anilines is 2. The highest BCUT2D eigenvalue weighted by molar-refractivity contribution is 7.14. The highest BCUT2D eigenvalue weighted by Gasteiger charge is 2.09. The molecule has 2 N–H and O–H groups in total. The minimum Gasteiger partial charge on any atom is -0.497 e. The Kier molecular flexibility index (Phi) is 3.42. The van der Waals surface area contributed by atoms with E-state index >= 15 is 0 Å². The van der Waals surface area contributed by atoms with Crippen LogP contribution in [0.2, 0.25) is 0 Å². The number of benzene rings is 1. The zero-order valence-corrected chi connectivity index (χ0v) is 10.1. The van der Waals surface area contributed by atoms with Gasteiger partial charge in [0.05, 0.1) is 7.11 Å². The van der Waals surface area contributed by atoms with Crippen LogP contribution in [-0.4, -0.2) is 23.2 Å². The topological polar surface area (TPSA) is 71.5 Å². The Morgan fingerprint density at radius 3 is 2.89 bits per heavy atom. The minimum absolute atomic E-state index is 0.0501. The van der Waals surface area contributed by atoms with Crippen molar-refractivity contribution in [2.24, 2.45) is 0 Å². The Labute approximate surface area is 106 Å². The molecule has 7 heteroatoms. The molecule has 5 nitrogen and oxygen atoms in total. The van der Waals surface area contributed by atoms with Crippen LogP contribution < -0.4 is 10.1 Å². The van der Waals surface area contributed by atoms with E-state index in [0.717, 1.165) is 11.3 Å². The number of thiazole rings is 1. The second-order valence-corrected chi connectivity index (χ2v) is 4.21. The van der Waals surface area contributed by atoms with E-state index in [1.807, 2.05) is 0 Å². The Hall–Kier alpha value is -2.15. The molecule has 0 radical (unpaired) electrons. The number of rotatable bonds is 4. The normalized spacial score (nSPS) is 10.1. The number of halogens is 1. The van der Waals surface area contributed by atoms with E-state index in [2.05, 4.69) is 10.3 Å². The molecule has 18 heavy (non-hydrogen) atoms. The first-order chi connectivity index (χ1) is 8.58. The van der Waals surface area contributed by atoms with E-state index in [0.29, 0.717) is 16.6 Å². The van der Waals surface area contributed by atoms with Crippen molar-refractivity contribution in [3.05, 3.63) is 35.1 Å². The van der Waals surface area contributed by atoms with Gasteiger partial charge < -0.3 is 15.2 Å². The Balaban J connectivity index is 2.22. The summed E-state index contributed by atoms with van der Waals surface area (Å²) in [5.74, 6) is -1.18. The van der Waals surface area contributed by atoms with Crippen LogP contribution in [-0.2, 0) is 0 Å². The highest BCUT2D eigenvalue weighted by atomic mass is 32.1. The molecule has 94 valence electrons. The number of carbonyl (C=O) groups is 1. The fourth-order valence-electron chi connectivity index (χ4n) is 1.31.